The molecule has 20 heavy (non-hydrogen) atoms. The topological polar surface area (TPSA) is 33.7 Å². The summed E-state index contributed by atoms with van der Waals surface area (Å²) >= 11 is 0. The largest absolute Gasteiger partial charge is 0.383 e. The molecule has 0 bridgehead atoms. The summed E-state index contributed by atoms with van der Waals surface area (Å²) < 4.78 is 10.9. The van der Waals surface area contributed by atoms with Gasteiger partial charge >= 0.3 is 0 Å². The van der Waals surface area contributed by atoms with E-state index in [0.717, 1.165) is 39.5 Å². The van der Waals surface area contributed by atoms with Crippen LogP contribution in [0.4, 0.5) is 0 Å². The number of ether oxygens (including phenoxy) is 2. The van der Waals surface area contributed by atoms with E-state index in [1.165, 1.54) is 19.3 Å². The average molecular weight is 286 g/mol. The molecule has 0 aromatic rings. The van der Waals surface area contributed by atoms with E-state index >= 15 is 0 Å². The molecule has 0 aromatic carbocycles. The third-order valence-corrected chi connectivity index (χ3v) is 4.42. The molecule has 1 saturated heterocycles. The maximum Gasteiger partial charge on any atom is 0.0589 e. The molecule has 1 heterocycles. The molecule has 3 atom stereocenters. The molecule has 0 radical (unpaired) electrons. The molecule has 0 saturated carbocycles. The summed E-state index contributed by atoms with van der Waals surface area (Å²) in [5.41, 5.74) is 0. The van der Waals surface area contributed by atoms with Crippen molar-refractivity contribution in [3.8, 4) is 0 Å². The summed E-state index contributed by atoms with van der Waals surface area (Å²) in [5.74, 6) is 0.663. The highest BCUT2D eigenvalue weighted by Crippen LogP contribution is 2.19. The second-order valence-corrected chi connectivity index (χ2v) is 5.93. The van der Waals surface area contributed by atoms with Crippen molar-refractivity contribution in [2.24, 2.45) is 5.92 Å². The first-order valence-corrected chi connectivity index (χ1v) is 8.27. The van der Waals surface area contributed by atoms with Crippen LogP contribution in [0.3, 0.4) is 0 Å². The fourth-order valence-corrected chi connectivity index (χ4v) is 2.79. The fraction of sp³-hybridized carbons (Fsp3) is 1.00. The van der Waals surface area contributed by atoms with Crippen LogP contribution in [0.15, 0.2) is 0 Å². The highest BCUT2D eigenvalue weighted by atomic mass is 16.5. The van der Waals surface area contributed by atoms with Gasteiger partial charge in [-0.05, 0) is 32.7 Å². The molecular formula is C16H34N2O2. The van der Waals surface area contributed by atoms with Crippen LogP contribution in [-0.4, -0.2) is 63.5 Å². The van der Waals surface area contributed by atoms with Gasteiger partial charge in [0.05, 0.1) is 13.2 Å². The first-order valence-electron chi connectivity index (χ1n) is 8.27. The van der Waals surface area contributed by atoms with E-state index in [9.17, 15) is 0 Å². The first kappa shape index (κ1) is 17.9. The summed E-state index contributed by atoms with van der Waals surface area (Å²) in [6.07, 6.45) is 3.57. The van der Waals surface area contributed by atoms with E-state index in [4.69, 9.17) is 9.47 Å². The van der Waals surface area contributed by atoms with Crippen molar-refractivity contribution in [1.82, 2.24) is 10.2 Å². The summed E-state index contributed by atoms with van der Waals surface area (Å²) in [6.45, 7) is 12.7. The molecule has 4 heteroatoms. The zero-order valence-electron chi connectivity index (χ0n) is 13.9. The van der Waals surface area contributed by atoms with Gasteiger partial charge in [-0.3, -0.25) is 4.90 Å². The molecule has 1 N–H and O–H groups in total. The van der Waals surface area contributed by atoms with Gasteiger partial charge in [-0.2, -0.15) is 0 Å². The lowest BCUT2D eigenvalue weighted by Gasteiger charge is -2.34. The molecule has 0 aromatic heterocycles. The van der Waals surface area contributed by atoms with Crippen LogP contribution in [0.1, 0.15) is 40.0 Å². The monoisotopic (exact) mass is 286 g/mol. The smallest absolute Gasteiger partial charge is 0.0589 e. The molecule has 4 nitrogen and oxygen atoms in total. The van der Waals surface area contributed by atoms with Gasteiger partial charge in [-0.1, -0.05) is 13.8 Å². The summed E-state index contributed by atoms with van der Waals surface area (Å²) in [5, 5.41) is 3.73. The standard InChI is InChI=1S/C16H34N2O2/c1-5-8-17-16(15-7-10-20-13-15)12-18(9-11-19-4)14(3)6-2/h14-17H,5-13H2,1-4H3. The van der Waals surface area contributed by atoms with Gasteiger partial charge in [0.1, 0.15) is 0 Å². The Labute approximate surface area is 125 Å². The lowest BCUT2D eigenvalue weighted by Crippen LogP contribution is -2.49. The normalized spacial score (nSPS) is 22.4. The van der Waals surface area contributed by atoms with Crippen LogP contribution in [-0.2, 0) is 9.47 Å². The molecule has 120 valence electrons. The Morgan fingerprint density at radius 3 is 2.75 bits per heavy atom. The van der Waals surface area contributed by atoms with Crippen molar-refractivity contribution >= 4 is 0 Å². The molecule has 0 spiro atoms. The fourth-order valence-electron chi connectivity index (χ4n) is 2.79. The predicted molar refractivity (Wildman–Crippen MR) is 84.2 cm³/mol. The van der Waals surface area contributed by atoms with Crippen LogP contribution in [0.2, 0.25) is 0 Å². The predicted octanol–water partition coefficient (Wildman–Crippen LogP) is 2.14. The SMILES string of the molecule is CCCNC(CN(CCOC)C(C)CC)C1CCOC1. The molecule has 1 fully saturated rings. The maximum atomic E-state index is 5.58. The molecule has 1 rings (SSSR count). The Kier molecular flexibility index (Phi) is 9.44. The molecule has 0 aliphatic carbocycles. The third-order valence-electron chi connectivity index (χ3n) is 4.42. The van der Waals surface area contributed by atoms with Crippen molar-refractivity contribution in [1.29, 1.82) is 0 Å². The van der Waals surface area contributed by atoms with Crippen molar-refractivity contribution in [3.05, 3.63) is 0 Å². The Morgan fingerprint density at radius 2 is 2.20 bits per heavy atom. The lowest BCUT2D eigenvalue weighted by molar-refractivity contribution is 0.102. The Hall–Kier alpha value is -0.160. The minimum atomic E-state index is 0.545. The quantitative estimate of drug-likeness (QED) is 0.631. The van der Waals surface area contributed by atoms with E-state index < -0.39 is 0 Å². The van der Waals surface area contributed by atoms with E-state index in [1.54, 1.807) is 7.11 Å². The summed E-state index contributed by atoms with van der Waals surface area (Å²) in [6, 6.07) is 1.15. The molecular weight excluding hydrogens is 252 g/mol. The van der Waals surface area contributed by atoms with Crippen LogP contribution < -0.4 is 5.32 Å². The molecule has 1 aliphatic rings. The van der Waals surface area contributed by atoms with Crippen LogP contribution in [0.25, 0.3) is 0 Å². The van der Waals surface area contributed by atoms with Gasteiger partial charge in [0.2, 0.25) is 0 Å². The second-order valence-electron chi connectivity index (χ2n) is 5.93. The second kappa shape index (κ2) is 10.6. The maximum absolute atomic E-state index is 5.58. The van der Waals surface area contributed by atoms with E-state index in [0.29, 0.717) is 18.0 Å². The van der Waals surface area contributed by atoms with Crippen molar-refractivity contribution in [3.63, 3.8) is 0 Å². The zero-order chi connectivity index (χ0) is 14.8. The number of methoxy groups -OCH3 is 1. The molecule has 1 aliphatic heterocycles. The first-order chi connectivity index (χ1) is 9.72. The van der Waals surface area contributed by atoms with E-state index in [2.05, 4.69) is 31.0 Å². The van der Waals surface area contributed by atoms with Crippen LogP contribution in [0.5, 0.6) is 0 Å². The van der Waals surface area contributed by atoms with Gasteiger partial charge in [-0.15, -0.1) is 0 Å². The number of hydrogen-bond donors (Lipinski definition) is 1. The zero-order valence-corrected chi connectivity index (χ0v) is 13.9. The van der Waals surface area contributed by atoms with Crippen molar-refractivity contribution < 1.29 is 9.47 Å². The number of rotatable bonds is 11. The van der Waals surface area contributed by atoms with Gasteiger partial charge in [-0.25, -0.2) is 0 Å². The number of nitrogens with zero attached hydrogens (tertiary/aromatic N) is 1. The average Bonchev–Trinajstić information content (AvgIpc) is 3.00. The Balaban J connectivity index is 2.56. The van der Waals surface area contributed by atoms with Crippen molar-refractivity contribution in [2.75, 3.05) is 46.6 Å². The summed E-state index contributed by atoms with van der Waals surface area (Å²) in [7, 11) is 1.78. The van der Waals surface area contributed by atoms with E-state index in [1.807, 2.05) is 0 Å². The minimum absolute atomic E-state index is 0.545. The van der Waals surface area contributed by atoms with Gasteiger partial charge in [0, 0.05) is 44.8 Å². The highest BCUT2D eigenvalue weighted by molar-refractivity contribution is 4.83. The summed E-state index contributed by atoms with van der Waals surface area (Å²) in [4.78, 5) is 2.56. The van der Waals surface area contributed by atoms with Gasteiger partial charge < -0.3 is 14.8 Å². The third kappa shape index (κ3) is 6.08. The van der Waals surface area contributed by atoms with Gasteiger partial charge in [0.25, 0.3) is 0 Å². The van der Waals surface area contributed by atoms with Gasteiger partial charge in [0.15, 0.2) is 0 Å². The Morgan fingerprint density at radius 1 is 1.40 bits per heavy atom. The van der Waals surface area contributed by atoms with E-state index in [-0.39, 0.29) is 0 Å². The molecule has 0 amide bonds. The number of hydrogen-bond acceptors (Lipinski definition) is 4. The molecule has 3 unspecified atom stereocenters. The van der Waals surface area contributed by atoms with Crippen LogP contribution in [0, 0.1) is 5.92 Å². The van der Waals surface area contributed by atoms with Crippen molar-refractivity contribution in [2.45, 2.75) is 52.1 Å². The lowest BCUT2D eigenvalue weighted by atomic mass is 9.97. The highest BCUT2D eigenvalue weighted by Gasteiger charge is 2.28. The Bertz CT molecular complexity index is 233. The minimum Gasteiger partial charge on any atom is -0.383 e. The number of nitrogens with one attached hydrogen (secondary N) is 1. The van der Waals surface area contributed by atoms with Crippen LogP contribution >= 0.6 is 0 Å².